The third kappa shape index (κ3) is 7.91. The summed E-state index contributed by atoms with van der Waals surface area (Å²) >= 11 is 6.96. The van der Waals surface area contributed by atoms with Crippen LogP contribution < -0.4 is 21.6 Å². The highest BCUT2D eigenvalue weighted by atomic mass is 35.5. The monoisotopic (exact) mass is 705 g/mol. The number of anilines is 2. The third-order valence-electron chi connectivity index (χ3n) is 9.88. The maximum Gasteiger partial charge on any atom is 0.253 e. The molecular weight excluding hydrogens is 658 g/mol. The molecule has 51 heavy (non-hydrogen) atoms. The van der Waals surface area contributed by atoms with Crippen molar-refractivity contribution >= 4 is 39.8 Å². The fraction of sp³-hybridized carbons (Fsp3) is 0.375. The van der Waals surface area contributed by atoms with Crippen molar-refractivity contribution in [2.24, 2.45) is 0 Å². The van der Waals surface area contributed by atoms with E-state index in [2.05, 4.69) is 88.6 Å². The van der Waals surface area contributed by atoms with Gasteiger partial charge in [0.25, 0.3) is 5.91 Å². The summed E-state index contributed by atoms with van der Waals surface area (Å²) in [6.45, 7) is 11.0. The average molecular weight is 706 g/mol. The number of pyridine rings is 1. The highest BCUT2D eigenvalue weighted by Gasteiger charge is 2.32. The maximum absolute atomic E-state index is 13.1. The highest BCUT2D eigenvalue weighted by molar-refractivity contribution is 6.35. The number of halogens is 1. The van der Waals surface area contributed by atoms with Gasteiger partial charge in [-0.1, -0.05) is 61.0 Å². The summed E-state index contributed by atoms with van der Waals surface area (Å²) in [5, 5.41) is 20.9. The smallest absolute Gasteiger partial charge is 0.253 e. The molecule has 10 nitrogen and oxygen atoms in total. The number of nitriles is 1. The number of rotatable bonds is 10. The zero-order valence-corrected chi connectivity index (χ0v) is 31.1. The molecule has 11 heteroatoms. The van der Waals surface area contributed by atoms with Gasteiger partial charge in [0.15, 0.2) is 0 Å². The van der Waals surface area contributed by atoms with E-state index in [-0.39, 0.29) is 23.5 Å². The van der Waals surface area contributed by atoms with Gasteiger partial charge in [-0.15, -0.1) is 5.53 Å². The molecule has 0 saturated carbocycles. The second-order valence-electron chi connectivity index (χ2n) is 14.5. The first-order valence-electron chi connectivity index (χ1n) is 17.7. The van der Waals surface area contributed by atoms with Crippen LogP contribution in [0.3, 0.4) is 0 Å². The van der Waals surface area contributed by atoms with Crippen molar-refractivity contribution in [3.05, 3.63) is 112 Å². The van der Waals surface area contributed by atoms with Crippen LogP contribution in [-0.2, 0) is 0 Å². The molecule has 1 saturated heterocycles. The van der Waals surface area contributed by atoms with Crippen LogP contribution in [0, 0.1) is 11.3 Å². The van der Waals surface area contributed by atoms with Crippen LogP contribution in [0.1, 0.15) is 86.1 Å². The molecule has 2 aliphatic rings. The van der Waals surface area contributed by atoms with Gasteiger partial charge < -0.3 is 21.0 Å². The van der Waals surface area contributed by atoms with Crippen LogP contribution in [0.25, 0.3) is 10.9 Å². The first-order valence-corrected chi connectivity index (χ1v) is 18.0. The van der Waals surface area contributed by atoms with Crippen LogP contribution in [0.2, 0.25) is 5.02 Å². The number of nitrogens with one attached hydrogen (secondary N) is 4. The number of likely N-dealkylation sites (tertiary alicyclic amines) is 1. The van der Waals surface area contributed by atoms with Gasteiger partial charge >= 0.3 is 0 Å². The number of hydrazine groups is 2. The summed E-state index contributed by atoms with van der Waals surface area (Å²) in [5.74, 6) is -0.0715. The lowest BCUT2D eigenvalue weighted by atomic mass is 9.97. The lowest BCUT2D eigenvalue weighted by Crippen LogP contribution is -2.52. The van der Waals surface area contributed by atoms with E-state index >= 15 is 0 Å². The zero-order chi connectivity index (χ0) is 36.3. The molecule has 0 spiro atoms. The Balaban J connectivity index is 1.38. The van der Waals surface area contributed by atoms with Crippen molar-refractivity contribution < 1.29 is 4.79 Å². The van der Waals surface area contributed by atoms with Crippen LogP contribution >= 0.6 is 11.6 Å². The largest absolute Gasteiger partial charge is 0.377 e. The second-order valence-corrected chi connectivity index (χ2v) is 15.0. The molecule has 1 aromatic heterocycles. The summed E-state index contributed by atoms with van der Waals surface area (Å²) in [4.78, 5) is 21.8. The number of carbonyl (C=O) groups is 1. The SMILES string of the molecule is CC[C@@H](Nc1c(C#N)cnc2c(Cl)cc(N[C@H](C3=CN(C4CCN(C(C)(C)C)CC4)NN3)c3cccc(C(=O)N(C)C)c3)cc12)c1ccccc1. The van der Waals surface area contributed by atoms with Crippen molar-refractivity contribution in [1.29, 1.82) is 5.26 Å². The lowest BCUT2D eigenvalue weighted by Gasteiger charge is -2.42. The molecule has 0 bridgehead atoms. The number of hydrogen-bond donors (Lipinski definition) is 4. The molecule has 2 atom stereocenters. The summed E-state index contributed by atoms with van der Waals surface area (Å²) in [6, 6.07) is 24.0. The number of piperidine rings is 1. The normalized spacial score (nSPS) is 16.6. The number of aromatic nitrogens is 1. The van der Waals surface area contributed by atoms with Crippen molar-refractivity contribution in [2.45, 2.75) is 70.6 Å². The predicted molar refractivity (Wildman–Crippen MR) is 206 cm³/mol. The molecular formula is C40H48ClN9O. The maximum atomic E-state index is 13.1. The topological polar surface area (TPSA) is 112 Å². The van der Waals surface area contributed by atoms with Crippen LogP contribution in [0.4, 0.5) is 11.4 Å². The Labute approximate surface area is 306 Å². The van der Waals surface area contributed by atoms with E-state index < -0.39 is 0 Å². The van der Waals surface area contributed by atoms with Gasteiger partial charge in [-0.3, -0.25) is 19.7 Å². The van der Waals surface area contributed by atoms with Crippen molar-refractivity contribution in [3.63, 3.8) is 0 Å². The third-order valence-corrected chi connectivity index (χ3v) is 10.2. The standard InChI is InChI=1S/C40H48ClN9O/c1-7-34(26-12-9-8-10-13-26)45-36-29(23-42)24-43-38-32(36)21-30(22-33(38)41)44-37(27-14-11-15-28(20-27)39(51)48(5)6)35-25-50(47-46-35)31-16-18-49(19-17-31)40(2,3)4/h8-15,20-22,24-25,31,34,37,44,46-47H,7,16-19H2,1-6H3,(H,43,45)/t34-,37+/m1/s1. The number of nitrogens with zero attached hydrogens (tertiary/aromatic N) is 5. The molecule has 4 N–H and O–H groups in total. The summed E-state index contributed by atoms with van der Waals surface area (Å²) in [7, 11) is 3.51. The van der Waals surface area contributed by atoms with Gasteiger partial charge in [-0.25, -0.2) is 0 Å². The van der Waals surface area contributed by atoms with Crippen molar-refractivity contribution in [1.82, 2.24) is 30.8 Å². The minimum Gasteiger partial charge on any atom is -0.377 e. The molecule has 0 radical (unpaired) electrons. The lowest BCUT2D eigenvalue weighted by molar-refractivity contribution is 0.0570. The Kier molecular flexibility index (Phi) is 10.7. The van der Waals surface area contributed by atoms with Crippen LogP contribution in [0.5, 0.6) is 0 Å². The molecule has 0 unspecified atom stereocenters. The Hall–Kier alpha value is -4.82. The first kappa shape index (κ1) is 36.0. The van der Waals surface area contributed by atoms with Crippen LogP contribution in [0.15, 0.2) is 84.8 Å². The Morgan fingerprint density at radius 1 is 1.06 bits per heavy atom. The molecule has 4 aromatic rings. The van der Waals surface area contributed by atoms with E-state index in [1.165, 1.54) is 0 Å². The Bertz CT molecular complexity index is 1940. The van der Waals surface area contributed by atoms with Gasteiger partial charge in [0.05, 0.1) is 39.6 Å². The van der Waals surface area contributed by atoms with Crippen molar-refractivity contribution in [3.8, 4) is 6.07 Å². The molecule has 3 aromatic carbocycles. The van der Waals surface area contributed by atoms with Crippen molar-refractivity contribution in [2.75, 3.05) is 37.8 Å². The minimum absolute atomic E-state index is 0.0239. The van der Waals surface area contributed by atoms with E-state index in [1.807, 2.05) is 54.6 Å². The van der Waals surface area contributed by atoms with E-state index in [0.29, 0.717) is 33.4 Å². The van der Waals surface area contributed by atoms with Gasteiger partial charge in [-0.2, -0.15) is 5.26 Å². The highest BCUT2D eigenvalue weighted by Crippen LogP contribution is 2.38. The van der Waals surface area contributed by atoms with E-state index in [0.717, 1.165) is 60.2 Å². The number of amides is 1. The summed E-state index contributed by atoms with van der Waals surface area (Å²) < 4.78 is 0. The predicted octanol–water partition coefficient (Wildman–Crippen LogP) is 7.61. The number of benzene rings is 3. The number of carbonyl (C=O) groups excluding carboxylic acids is 1. The first-order chi connectivity index (χ1) is 24.5. The molecule has 0 aliphatic carbocycles. The molecule has 266 valence electrons. The summed E-state index contributed by atoms with van der Waals surface area (Å²) in [5.41, 5.74) is 13.0. The zero-order valence-electron chi connectivity index (χ0n) is 30.3. The average Bonchev–Trinajstić information content (AvgIpc) is 3.62. The van der Waals surface area contributed by atoms with Gasteiger partial charge in [0.1, 0.15) is 6.07 Å². The molecule has 6 rings (SSSR count). The Morgan fingerprint density at radius 3 is 2.45 bits per heavy atom. The Morgan fingerprint density at radius 2 is 1.78 bits per heavy atom. The van der Waals surface area contributed by atoms with Crippen LogP contribution in [-0.4, -0.2) is 64.5 Å². The fourth-order valence-corrected chi connectivity index (χ4v) is 7.25. The van der Waals surface area contributed by atoms with Gasteiger partial charge in [0.2, 0.25) is 0 Å². The minimum atomic E-state index is -0.378. The molecule has 3 heterocycles. The molecule has 1 fully saturated rings. The van der Waals surface area contributed by atoms with E-state index in [4.69, 9.17) is 11.6 Å². The number of fused-ring (bicyclic) bond motifs is 1. The fourth-order valence-electron chi connectivity index (χ4n) is 6.98. The van der Waals surface area contributed by atoms with Gasteiger partial charge in [-0.05, 0) is 75.4 Å². The van der Waals surface area contributed by atoms with E-state index in [1.54, 1.807) is 25.2 Å². The number of hydrogen-bond acceptors (Lipinski definition) is 9. The van der Waals surface area contributed by atoms with E-state index in [9.17, 15) is 10.1 Å². The second kappa shape index (κ2) is 15.2. The quantitative estimate of drug-likeness (QED) is 0.133. The molecule has 2 aliphatic heterocycles. The molecule has 1 amide bonds. The van der Waals surface area contributed by atoms with Gasteiger partial charge in [0, 0.05) is 67.8 Å². The summed E-state index contributed by atoms with van der Waals surface area (Å²) in [6.07, 6.45) is 6.59.